The summed E-state index contributed by atoms with van der Waals surface area (Å²) in [7, 11) is 0. The second-order valence-electron chi connectivity index (χ2n) is 8.85. The molecule has 5 rings (SSSR count). The Morgan fingerprint density at radius 3 is 2.70 bits per heavy atom. The number of carbonyl (C=O) groups excluding carboxylic acids is 1. The molecule has 1 aliphatic rings. The first-order valence-corrected chi connectivity index (χ1v) is 11.4. The van der Waals surface area contributed by atoms with Gasteiger partial charge >= 0.3 is 0 Å². The van der Waals surface area contributed by atoms with E-state index in [1.807, 2.05) is 38.1 Å². The molecule has 7 heteroatoms. The Kier molecular flexibility index (Phi) is 5.54. The average Bonchev–Trinajstić information content (AvgIpc) is 3.48. The number of fused-ring (bicyclic) bond motifs is 1. The number of H-pyrrole nitrogens is 1. The van der Waals surface area contributed by atoms with Gasteiger partial charge < -0.3 is 10.3 Å². The lowest BCUT2D eigenvalue weighted by molar-refractivity contribution is 0.0952. The molecule has 33 heavy (non-hydrogen) atoms. The topological polar surface area (TPSA) is 92.7 Å². The Balaban J connectivity index is 1.55. The summed E-state index contributed by atoms with van der Waals surface area (Å²) in [5.74, 6) is -0.226. The number of rotatable bonds is 5. The van der Waals surface area contributed by atoms with Crippen LogP contribution in [0.1, 0.15) is 58.9 Å². The number of hydrogen-bond acceptors (Lipinski definition) is 4. The minimum Gasteiger partial charge on any atom is -0.348 e. The van der Waals surface area contributed by atoms with Gasteiger partial charge in [0, 0.05) is 41.1 Å². The van der Waals surface area contributed by atoms with Crippen LogP contribution in [0.2, 0.25) is 0 Å². The highest BCUT2D eigenvalue weighted by atomic mass is 16.1. The minimum absolute atomic E-state index is 0.162. The number of hydrogen-bond donors (Lipinski definition) is 2. The Morgan fingerprint density at radius 2 is 1.97 bits per heavy atom. The molecular weight excluding hydrogens is 414 g/mol. The molecule has 3 aromatic heterocycles. The van der Waals surface area contributed by atoms with E-state index in [9.17, 15) is 9.59 Å². The molecule has 0 atom stereocenters. The lowest BCUT2D eigenvalue weighted by Crippen LogP contribution is -2.28. The van der Waals surface area contributed by atoms with Crippen molar-refractivity contribution in [2.45, 2.75) is 52.1 Å². The van der Waals surface area contributed by atoms with Gasteiger partial charge in [0.1, 0.15) is 0 Å². The molecule has 1 amide bonds. The lowest BCUT2D eigenvalue weighted by Gasteiger charge is -2.14. The third kappa shape index (κ3) is 4.06. The maximum atomic E-state index is 13.4. The van der Waals surface area contributed by atoms with Gasteiger partial charge in [0.2, 0.25) is 0 Å². The molecule has 0 spiro atoms. The van der Waals surface area contributed by atoms with E-state index < -0.39 is 0 Å². The van der Waals surface area contributed by atoms with Crippen LogP contribution >= 0.6 is 0 Å². The highest BCUT2D eigenvalue weighted by Crippen LogP contribution is 2.34. The second-order valence-corrected chi connectivity index (χ2v) is 8.85. The molecule has 1 saturated carbocycles. The SMILES string of the molecule is Cc1cc(C)c(CNC(=O)c2cc(-c3cccnc3)cc3c2cnn3C2CCCC2)c(=O)[nH]1. The van der Waals surface area contributed by atoms with Gasteiger partial charge in [-0.25, -0.2) is 0 Å². The van der Waals surface area contributed by atoms with Crippen LogP contribution in [0.3, 0.4) is 0 Å². The molecule has 168 valence electrons. The second kappa shape index (κ2) is 8.65. The van der Waals surface area contributed by atoms with Crippen LogP contribution in [0.5, 0.6) is 0 Å². The zero-order chi connectivity index (χ0) is 22.9. The molecule has 3 heterocycles. The van der Waals surface area contributed by atoms with Crippen LogP contribution in [0.15, 0.2) is 53.7 Å². The van der Waals surface area contributed by atoms with Gasteiger partial charge in [-0.05, 0) is 62.1 Å². The van der Waals surface area contributed by atoms with Crippen molar-refractivity contribution in [3.05, 3.63) is 81.7 Å². The quantitative estimate of drug-likeness (QED) is 0.479. The number of aromatic amines is 1. The fraction of sp³-hybridized carbons (Fsp3) is 0.308. The van der Waals surface area contributed by atoms with E-state index in [0.717, 1.165) is 46.1 Å². The number of nitrogens with zero attached hydrogens (tertiary/aromatic N) is 3. The Hall–Kier alpha value is -3.74. The van der Waals surface area contributed by atoms with E-state index in [1.165, 1.54) is 12.8 Å². The van der Waals surface area contributed by atoms with E-state index in [1.54, 1.807) is 18.6 Å². The van der Waals surface area contributed by atoms with Crippen LogP contribution in [-0.2, 0) is 6.54 Å². The third-order valence-corrected chi connectivity index (χ3v) is 6.55. The monoisotopic (exact) mass is 441 g/mol. The molecule has 4 aromatic rings. The van der Waals surface area contributed by atoms with Gasteiger partial charge in [0.25, 0.3) is 11.5 Å². The molecule has 7 nitrogen and oxygen atoms in total. The summed E-state index contributed by atoms with van der Waals surface area (Å²) < 4.78 is 2.08. The molecular formula is C26H27N5O2. The number of nitrogens with one attached hydrogen (secondary N) is 2. The molecule has 0 aliphatic heterocycles. The fourth-order valence-electron chi connectivity index (χ4n) is 4.84. The summed E-state index contributed by atoms with van der Waals surface area (Å²) in [6, 6.07) is 10.1. The van der Waals surface area contributed by atoms with Crippen LogP contribution in [-0.4, -0.2) is 25.7 Å². The van der Waals surface area contributed by atoms with Crippen molar-refractivity contribution in [3.63, 3.8) is 0 Å². The summed E-state index contributed by atoms with van der Waals surface area (Å²) >= 11 is 0. The predicted octanol–water partition coefficient (Wildman–Crippen LogP) is 4.45. The largest absolute Gasteiger partial charge is 0.348 e. The molecule has 0 saturated heterocycles. The van der Waals surface area contributed by atoms with Crippen LogP contribution in [0, 0.1) is 13.8 Å². The van der Waals surface area contributed by atoms with Crippen molar-refractivity contribution >= 4 is 16.8 Å². The Labute approximate surface area is 191 Å². The Bertz CT molecular complexity index is 1380. The van der Waals surface area contributed by atoms with Gasteiger partial charge in [-0.3, -0.25) is 19.3 Å². The van der Waals surface area contributed by atoms with Gasteiger partial charge in [0.05, 0.1) is 23.3 Å². The van der Waals surface area contributed by atoms with E-state index in [4.69, 9.17) is 0 Å². The standard InChI is InChI=1S/C26H27N5O2/c1-16-10-17(2)30-26(33)22(16)14-28-25(32)21-11-19(18-6-5-9-27-13-18)12-24-23(21)15-29-31(24)20-7-3-4-8-20/h5-6,9-13,15,20H,3-4,7-8,14H2,1-2H3,(H,28,32)(H,30,33). The van der Waals surface area contributed by atoms with E-state index in [2.05, 4.69) is 31.1 Å². The van der Waals surface area contributed by atoms with Gasteiger partial charge in [-0.2, -0.15) is 5.10 Å². The average molecular weight is 442 g/mol. The molecule has 0 radical (unpaired) electrons. The summed E-state index contributed by atoms with van der Waals surface area (Å²) in [6.45, 7) is 3.89. The first kappa shape index (κ1) is 21.1. The lowest BCUT2D eigenvalue weighted by atomic mass is 10.0. The minimum atomic E-state index is -0.226. The van der Waals surface area contributed by atoms with Gasteiger partial charge in [0.15, 0.2) is 0 Å². The zero-order valence-electron chi connectivity index (χ0n) is 18.9. The number of benzene rings is 1. The van der Waals surface area contributed by atoms with Crippen molar-refractivity contribution in [1.82, 2.24) is 25.1 Å². The molecule has 1 aliphatic carbocycles. The summed E-state index contributed by atoms with van der Waals surface area (Å²) in [5, 5.41) is 8.45. The highest BCUT2D eigenvalue weighted by molar-refractivity contribution is 6.08. The number of aromatic nitrogens is 4. The van der Waals surface area contributed by atoms with Gasteiger partial charge in [-0.15, -0.1) is 0 Å². The summed E-state index contributed by atoms with van der Waals surface area (Å²) in [5.41, 5.74) is 5.43. The van der Waals surface area contributed by atoms with Crippen molar-refractivity contribution in [3.8, 4) is 11.1 Å². The van der Waals surface area contributed by atoms with E-state index in [0.29, 0.717) is 17.2 Å². The number of carbonyl (C=O) groups is 1. The third-order valence-electron chi connectivity index (χ3n) is 6.55. The zero-order valence-corrected chi connectivity index (χ0v) is 18.9. The number of amides is 1. The number of pyridine rings is 2. The molecule has 2 N–H and O–H groups in total. The maximum absolute atomic E-state index is 13.4. The Morgan fingerprint density at radius 1 is 1.15 bits per heavy atom. The van der Waals surface area contributed by atoms with Crippen molar-refractivity contribution < 1.29 is 4.79 Å². The highest BCUT2D eigenvalue weighted by Gasteiger charge is 2.22. The molecule has 1 fully saturated rings. The molecule has 0 unspecified atom stereocenters. The van der Waals surface area contributed by atoms with Crippen LogP contribution in [0.4, 0.5) is 0 Å². The number of aryl methyl sites for hydroxylation is 2. The van der Waals surface area contributed by atoms with Gasteiger partial charge in [-0.1, -0.05) is 18.9 Å². The first-order valence-electron chi connectivity index (χ1n) is 11.4. The maximum Gasteiger partial charge on any atom is 0.253 e. The van der Waals surface area contributed by atoms with E-state index in [-0.39, 0.29) is 18.0 Å². The van der Waals surface area contributed by atoms with E-state index >= 15 is 0 Å². The molecule has 0 bridgehead atoms. The first-order chi connectivity index (χ1) is 16.0. The fourth-order valence-corrected chi connectivity index (χ4v) is 4.84. The summed E-state index contributed by atoms with van der Waals surface area (Å²) in [6.07, 6.45) is 9.93. The smallest absolute Gasteiger partial charge is 0.253 e. The van der Waals surface area contributed by atoms with Crippen LogP contribution in [0.25, 0.3) is 22.0 Å². The van der Waals surface area contributed by atoms with Crippen molar-refractivity contribution in [2.75, 3.05) is 0 Å². The normalized spacial score (nSPS) is 14.1. The summed E-state index contributed by atoms with van der Waals surface area (Å²) in [4.78, 5) is 32.8. The van der Waals surface area contributed by atoms with Crippen molar-refractivity contribution in [2.24, 2.45) is 0 Å². The van der Waals surface area contributed by atoms with Crippen molar-refractivity contribution in [1.29, 1.82) is 0 Å². The molecule has 1 aromatic carbocycles. The van der Waals surface area contributed by atoms with Crippen LogP contribution < -0.4 is 10.9 Å². The predicted molar refractivity (Wildman–Crippen MR) is 128 cm³/mol.